The lowest BCUT2D eigenvalue weighted by atomic mass is 9.89. The molecule has 0 spiro atoms. The van der Waals surface area contributed by atoms with Crippen molar-refractivity contribution in [3.8, 4) is 57.1 Å². The number of aromatic hydroxyl groups is 4. The number of esters is 1. The van der Waals surface area contributed by atoms with Crippen LogP contribution in [-0.4, -0.2) is 97.5 Å². The van der Waals surface area contributed by atoms with Crippen molar-refractivity contribution >= 4 is 64.9 Å². The lowest BCUT2D eigenvalue weighted by Gasteiger charge is -2.31. The number of amides is 5. The van der Waals surface area contributed by atoms with Crippen molar-refractivity contribution in [3.63, 3.8) is 0 Å². The van der Waals surface area contributed by atoms with E-state index in [2.05, 4.69) is 26.6 Å². The highest BCUT2D eigenvalue weighted by molar-refractivity contribution is 6.32. The van der Waals surface area contributed by atoms with Gasteiger partial charge in [0.2, 0.25) is 29.4 Å². The number of phenolic OH excluding ortho intramolecular Hbond substituents is 4. The number of hydrogen-bond donors (Lipinski definition) is 12. The molecule has 0 saturated carbocycles. The Balaban J connectivity index is 1.16. The number of benzene rings is 7. The molecule has 0 unspecified atom stereocenters. The molecule has 3 aliphatic rings. The molecule has 23 nitrogen and oxygen atoms in total. The van der Waals surface area contributed by atoms with E-state index in [1.54, 1.807) is 60.7 Å². The van der Waals surface area contributed by atoms with Gasteiger partial charge in [0.25, 0.3) is 0 Å². The van der Waals surface area contributed by atoms with Crippen LogP contribution >= 0.6 is 23.2 Å². The lowest BCUT2D eigenvalue weighted by molar-refractivity contribution is -0.146. The maximum absolute atomic E-state index is 15.4. The molecule has 0 aromatic heterocycles. The molecule has 0 saturated heterocycles. The summed E-state index contributed by atoms with van der Waals surface area (Å²) in [5.74, 6) is -11.1. The zero-order valence-electron chi connectivity index (χ0n) is 44.4. The maximum atomic E-state index is 15.4. The van der Waals surface area contributed by atoms with Gasteiger partial charge in [-0.1, -0.05) is 102 Å². The number of hydrogen-bond acceptors (Lipinski definition) is 17. The molecular formula is C60H52Cl2N6O17. The molecule has 10 rings (SSSR count). The summed E-state index contributed by atoms with van der Waals surface area (Å²) in [5.41, 5.74) is 6.58. The van der Waals surface area contributed by atoms with Gasteiger partial charge in [0, 0.05) is 29.2 Å². The smallest absolute Gasteiger partial charge is 0.408 e. The minimum Gasteiger partial charge on any atom is -0.508 e. The van der Waals surface area contributed by atoms with Crippen LogP contribution in [0.25, 0.3) is 11.1 Å². The molecule has 3 aliphatic heterocycles. The fraction of sp³-hybridized carbons (Fsp3) is 0.183. The van der Waals surface area contributed by atoms with E-state index < -0.39 is 119 Å². The first kappa shape index (κ1) is 59.5. The van der Waals surface area contributed by atoms with Gasteiger partial charge < -0.3 is 81.9 Å². The Morgan fingerprint density at radius 1 is 0.682 bits per heavy atom. The molecule has 7 atom stereocenters. The van der Waals surface area contributed by atoms with Crippen molar-refractivity contribution in [2.24, 2.45) is 5.73 Å². The highest BCUT2D eigenvalue weighted by Gasteiger charge is 2.40. The molecule has 0 aliphatic carbocycles. The van der Waals surface area contributed by atoms with Gasteiger partial charge in [-0.15, -0.1) is 0 Å². The SMILES string of the molecule is COC(=O)[C@H]1NC(=O)[C@H]2NC(=O)[C@H](NC(=O)[C@H](NC(=O)[C@@H](N)Cc3ccccc3)c3cc(Oc4ccc(C[C@@H](NC(=O)OCc5ccccc5)C(=O)O)cc4Cl)c(O)c(c3)Oc3ccc(cc3Cl)[C@H]2O)c2ccc(O)c(c2)-c2c(O)cc(O)cc21. The van der Waals surface area contributed by atoms with E-state index in [0.717, 1.165) is 49.6 Å². The van der Waals surface area contributed by atoms with E-state index in [9.17, 15) is 54.6 Å². The van der Waals surface area contributed by atoms with Crippen molar-refractivity contribution in [2.75, 3.05) is 7.11 Å². The second kappa shape index (κ2) is 25.6. The van der Waals surface area contributed by atoms with Gasteiger partial charge in [-0.2, -0.15) is 0 Å². The fourth-order valence-corrected chi connectivity index (χ4v) is 9.97. The summed E-state index contributed by atoms with van der Waals surface area (Å²) in [4.78, 5) is 98.0. The zero-order chi connectivity index (χ0) is 60.8. The van der Waals surface area contributed by atoms with E-state index in [1.807, 2.05) is 0 Å². The molecule has 438 valence electrons. The van der Waals surface area contributed by atoms with Gasteiger partial charge in [0.05, 0.1) is 23.2 Å². The monoisotopic (exact) mass is 1200 g/mol. The van der Waals surface area contributed by atoms with Gasteiger partial charge in [0.15, 0.2) is 17.5 Å². The van der Waals surface area contributed by atoms with Crippen LogP contribution in [0, 0.1) is 0 Å². The number of nitrogens with two attached hydrogens (primary N) is 1. The van der Waals surface area contributed by atoms with Crippen LogP contribution in [0.2, 0.25) is 10.0 Å². The molecule has 5 amide bonds. The molecule has 7 aromatic carbocycles. The van der Waals surface area contributed by atoms with Gasteiger partial charge in [-0.3, -0.25) is 19.2 Å². The van der Waals surface area contributed by atoms with Crippen LogP contribution in [0.3, 0.4) is 0 Å². The Morgan fingerprint density at radius 2 is 1.39 bits per heavy atom. The quantitative estimate of drug-likeness (QED) is 0.0552. The maximum Gasteiger partial charge on any atom is 0.408 e. The Bertz CT molecular complexity index is 3760. The standard InChI is InChI=1S/C60H52Cl2N6O17/c1-82-59(80)50-36-25-34(69)26-42(71)47(36)35-21-31(13-15-41(35)70)48-55(75)68-51(57(77)67-50)52(72)32-14-17-44(38(62)22-32)85-46-24-33(49(56(76)66-48)65-54(74)39(63)19-28-8-4-2-5-9-28)23-45(53(46)73)84-43-16-12-30(18-37(43)61)20-40(58(78)79)64-60(81)83-27-29-10-6-3-7-11-29/h2-18,21-26,39-40,48-52,69-73H,19-20,27,63H2,1H3,(H,64,81)(H,65,74)(H,66,76)(H,67,77)(H,68,75)(H,78,79)/t39-,40+,48+,49+,50-,51-,52+/m0/s1. The minimum absolute atomic E-state index is 0.0417. The topological polar surface area (TPSA) is 364 Å². The van der Waals surface area contributed by atoms with Crippen LogP contribution in [0.4, 0.5) is 4.79 Å². The number of fused-ring (bicyclic) bond motifs is 8. The third kappa shape index (κ3) is 13.6. The minimum atomic E-state index is -2.08. The molecule has 3 heterocycles. The van der Waals surface area contributed by atoms with E-state index in [1.165, 1.54) is 36.4 Å². The number of aliphatic hydroxyl groups is 1. The molecule has 85 heavy (non-hydrogen) atoms. The number of phenols is 4. The third-order valence-electron chi connectivity index (χ3n) is 13.8. The van der Waals surface area contributed by atoms with Crippen LogP contribution in [-0.2, 0) is 57.7 Å². The average Bonchev–Trinajstić information content (AvgIpc) is 1.43. The third-order valence-corrected chi connectivity index (χ3v) is 14.4. The number of carbonyl (C=O) groups excluding carboxylic acids is 6. The summed E-state index contributed by atoms with van der Waals surface area (Å²) in [6, 6.07) is 22.0. The fourth-order valence-electron chi connectivity index (χ4n) is 9.50. The van der Waals surface area contributed by atoms with Crippen molar-refractivity contribution in [3.05, 3.63) is 189 Å². The molecule has 25 heteroatoms. The number of halogens is 2. The Hall–Kier alpha value is -10.1. The number of methoxy groups -OCH3 is 1. The molecule has 0 fully saturated rings. The summed E-state index contributed by atoms with van der Waals surface area (Å²) >= 11 is 13.6. The van der Waals surface area contributed by atoms with Crippen molar-refractivity contribution in [2.45, 2.75) is 61.8 Å². The van der Waals surface area contributed by atoms with Gasteiger partial charge in [0.1, 0.15) is 65.6 Å². The number of aliphatic hydroxyl groups excluding tert-OH is 1. The first-order valence-electron chi connectivity index (χ1n) is 25.8. The van der Waals surface area contributed by atoms with E-state index >= 15 is 9.59 Å². The van der Waals surface area contributed by atoms with Crippen molar-refractivity contribution in [1.29, 1.82) is 0 Å². The normalized spacial score (nSPS) is 18.0. The predicted molar refractivity (Wildman–Crippen MR) is 303 cm³/mol. The molecule has 8 bridgehead atoms. The van der Waals surface area contributed by atoms with Crippen molar-refractivity contribution in [1.82, 2.24) is 26.6 Å². The van der Waals surface area contributed by atoms with Crippen LogP contribution in [0.5, 0.6) is 46.0 Å². The lowest BCUT2D eigenvalue weighted by Crippen LogP contribution is -2.55. The van der Waals surface area contributed by atoms with Crippen LogP contribution in [0.1, 0.15) is 63.2 Å². The summed E-state index contributed by atoms with van der Waals surface area (Å²) in [5, 5.41) is 79.8. The Morgan fingerprint density at radius 3 is 2.07 bits per heavy atom. The summed E-state index contributed by atoms with van der Waals surface area (Å²) in [6.45, 7) is -0.126. The number of alkyl carbamates (subject to hydrolysis) is 1. The number of aliphatic carboxylic acids is 1. The average molecular weight is 1200 g/mol. The number of carboxylic acids is 1. The predicted octanol–water partition coefficient (Wildman–Crippen LogP) is 6.45. The van der Waals surface area contributed by atoms with Gasteiger partial charge >= 0.3 is 18.0 Å². The summed E-state index contributed by atoms with van der Waals surface area (Å²) in [6.07, 6.45) is -3.38. The Labute approximate surface area is 492 Å². The first-order valence-corrected chi connectivity index (χ1v) is 26.6. The molecule has 13 N–H and O–H groups in total. The molecular weight excluding hydrogens is 1150 g/mol. The molecule has 0 radical (unpaired) electrons. The van der Waals surface area contributed by atoms with Crippen LogP contribution in [0.15, 0.2) is 140 Å². The number of rotatable bonds is 13. The number of carboxylic acid groups (broad SMARTS) is 1. The summed E-state index contributed by atoms with van der Waals surface area (Å²) in [7, 11) is 0.982. The van der Waals surface area contributed by atoms with Gasteiger partial charge in [-0.05, 0) is 94.4 Å². The Kier molecular flexibility index (Phi) is 17.9. The van der Waals surface area contributed by atoms with E-state index in [4.69, 9.17) is 47.9 Å². The zero-order valence-corrected chi connectivity index (χ0v) is 46.0. The summed E-state index contributed by atoms with van der Waals surface area (Å²) < 4.78 is 22.6. The second-order valence-corrected chi connectivity index (χ2v) is 20.4. The highest BCUT2D eigenvalue weighted by atomic mass is 35.5. The van der Waals surface area contributed by atoms with E-state index in [0.29, 0.717) is 16.7 Å². The molecule has 7 aromatic rings. The van der Waals surface area contributed by atoms with Crippen molar-refractivity contribution < 1.29 is 83.1 Å². The highest BCUT2D eigenvalue weighted by Crippen LogP contribution is 2.47. The number of nitrogens with one attached hydrogen (secondary N) is 5. The van der Waals surface area contributed by atoms with Crippen LogP contribution < -0.4 is 41.8 Å². The number of carbonyl (C=O) groups is 7. The first-order chi connectivity index (χ1) is 40.6. The largest absolute Gasteiger partial charge is 0.508 e. The second-order valence-electron chi connectivity index (χ2n) is 19.6. The number of ether oxygens (including phenoxy) is 4. The van der Waals surface area contributed by atoms with E-state index in [-0.39, 0.29) is 74.4 Å². The van der Waals surface area contributed by atoms with Gasteiger partial charge in [-0.25, -0.2) is 14.4 Å².